The number of carbonyl (C=O) groups is 1. The molecule has 0 saturated heterocycles. The van der Waals surface area contributed by atoms with E-state index in [4.69, 9.17) is 20.1 Å². The van der Waals surface area contributed by atoms with E-state index in [1.54, 1.807) is 0 Å². The molecule has 0 fully saturated rings. The third-order valence-corrected chi connectivity index (χ3v) is 3.12. The Hall–Kier alpha value is -1.80. The molecule has 19 heavy (non-hydrogen) atoms. The number of rotatable bonds is 7. The largest absolute Gasteiger partial charge is 0.491 e. The average Bonchev–Trinajstić information content (AvgIpc) is 2.29. The van der Waals surface area contributed by atoms with Gasteiger partial charge in [-0.2, -0.15) is 8.42 Å². The zero-order chi connectivity index (χ0) is 14.5. The van der Waals surface area contributed by atoms with Crippen LogP contribution in [0.15, 0.2) is 18.2 Å². The average molecular weight is 289 g/mol. The SMILES string of the molecule is Nc1ccc(C(=O)O)cc1OCCCCS(=O)(=O)O. The van der Waals surface area contributed by atoms with Crippen molar-refractivity contribution in [3.05, 3.63) is 23.8 Å². The summed E-state index contributed by atoms with van der Waals surface area (Å²) in [6.07, 6.45) is 0.647. The van der Waals surface area contributed by atoms with Crippen molar-refractivity contribution >= 4 is 21.8 Å². The lowest BCUT2D eigenvalue weighted by molar-refractivity contribution is 0.0696. The molecule has 0 radical (unpaired) electrons. The fourth-order valence-corrected chi connectivity index (χ4v) is 1.93. The number of anilines is 1. The normalized spacial score (nSPS) is 11.2. The molecular weight excluding hydrogens is 274 g/mol. The number of aromatic carboxylic acids is 1. The highest BCUT2D eigenvalue weighted by Gasteiger charge is 2.08. The molecule has 0 saturated carbocycles. The van der Waals surface area contributed by atoms with Crippen LogP contribution in [-0.4, -0.2) is 36.4 Å². The first-order valence-electron chi connectivity index (χ1n) is 5.50. The van der Waals surface area contributed by atoms with Crippen LogP contribution in [0, 0.1) is 0 Å². The van der Waals surface area contributed by atoms with E-state index >= 15 is 0 Å². The van der Waals surface area contributed by atoms with Crippen LogP contribution in [-0.2, 0) is 10.1 Å². The van der Waals surface area contributed by atoms with Gasteiger partial charge in [-0.05, 0) is 31.0 Å². The second-order valence-electron chi connectivity index (χ2n) is 3.90. The van der Waals surface area contributed by atoms with Crippen molar-refractivity contribution in [1.82, 2.24) is 0 Å². The molecule has 0 spiro atoms. The van der Waals surface area contributed by atoms with E-state index in [2.05, 4.69) is 0 Å². The summed E-state index contributed by atoms with van der Waals surface area (Å²) in [5, 5.41) is 8.81. The van der Waals surface area contributed by atoms with E-state index < -0.39 is 16.1 Å². The second-order valence-corrected chi connectivity index (χ2v) is 5.47. The Morgan fingerprint density at radius 3 is 2.58 bits per heavy atom. The highest BCUT2D eigenvalue weighted by molar-refractivity contribution is 7.85. The van der Waals surface area contributed by atoms with Gasteiger partial charge < -0.3 is 15.6 Å². The summed E-state index contributed by atoms with van der Waals surface area (Å²) in [7, 11) is -3.95. The fourth-order valence-electron chi connectivity index (χ4n) is 1.36. The number of nitrogen functional groups attached to an aromatic ring is 1. The van der Waals surface area contributed by atoms with Crippen LogP contribution in [0.25, 0.3) is 0 Å². The predicted molar refractivity (Wildman–Crippen MR) is 69.0 cm³/mol. The fraction of sp³-hybridized carbons (Fsp3) is 0.364. The molecule has 4 N–H and O–H groups in total. The maximum atomic E-state index is 10.8. The van der Waals surface area contributed by atoms with Crippen molar-refractivity contribution in [1.29, 1.82) is 0 Å². The van der Waals surface area contributed by atoms with E-state index in [-0.39, 0.29) is 30.1 Å². The highest BCUT2D eigenvalue weighted by Crippen LogP contribution is 2.23. The van der Waals surface area contributed by atoms with Gasteiger partial charge in [-0.3, -0.25) is 4.55 Å². The Bertz CT molecular complexity index is 554. The summed E-state index contributed by atoms with van der Waals surface area (Å²) in [4.78, 5) is 10.8. The van der Waals surface area contributed by atoms with Crippen molar-refractivity contribution < 1.29 is 27.6 Å². The van der Waals surface area contributed by atoms with Crippen LogP contribution >= 0.6 is 0 Å². The van der Waals surface area contributed by atoms with Crippen molar-refractivity contribution in [3.8, 4) is 5.75 Å². The number of carboxylic acid groups (broad SMARTS) is 1. The van der Waals surface area contributed by atoms with Crippen LogP contribution in [0.2, 0.25) is 0 Å². The van der Waals surface area contributed by atoms with Crippen LogP contribution in [0.1, 0.15) is 23.2 Å². The molecule has 106 valence electrons. The lowest BCUT2D eigenvalue weighted by Crippen LogP contribution is -2.07. The van der Waals surface area contributed by atoms with Gasteiger partial charge in [0.1, 0.15) is 5.75 Å². The molecule has 8 heteroatoms. The first-order chi connectivity index (χ1) is 8.79. The van der Waals surface area contributed by atoms with Crippen LogP contribution < -0.4 is 10.5 Å². The van der Waals surface area contributed by atoms with Gasteiger partial charge in [-0.15, -0.1) is 0 Å². The molecule has 1 aromatic rings. The van der Waals surface area contributed by atoms with Crippen molar-refractivity contribution in [2.45, 2.75) is 12.8 Å². The van der Waals surface area contributed by atoms with Crippen LogP contribution in [0.3, 0.4) is 0 Å². The number of unbranched alkanes of at least 4 members (excludes halogenated alkanes) is 1. The van der Waals surface area contributed by atoms with Gasteiger partial charge in [0.15, 0.2) is 0 Å². The summed E-state index contributed by atoms with van der Waals surface area (Å²) >= 11 is 0. The van der Waals surface area contributed by atoms with E-state index in [1.165, 1.54) is 18.2 Å². The molecule has 0 aliphatic heterocycles. The number of benzene rings is 1. The Morgan fingerprint density at radius 1 is 1.32 bits per heavy atom. The monoisotopic (exact) mass is 289 g/mol. The van der Waals surface area contributed by atoms with Gasteiger partial charge >= 0.3 is 5.97 Å². The Labute approximate surface area is 110 Å². The first-order valence-corrected chi connectivity index (χ1v) is 7.11. The zero-order valence-corrected chi connectivity index (χ0v) is 10.9. The quantitative estimate of drug-likeness (QED) is 0.388. The predicted octanol–water partition coefficient (Wildman–Crippen LogP) is 1.01. The lowest BCUT2D eigenvalue weighted by atomic mass is 10.2. The number of nitrogens with two attached hydrogens (primary N) is 1. The summed E-state index contributed by atoms with van der Waals surface area (Å²) < 4.78 is 34.7. The van der Waals surface area contributed by atoms with E-state index in [9.17, 15) is 13.2 Å². The maximum Gasteiger partial charge on any atom is 0.335 e. The number of ether oxygens (including phenoxy) is 1. The Morgan fingerprint density at radius 2 is 2.00 bits per heavy atom. The Kier molecular flexibility index (Phi) is 5.13. The molecule has 0 aromatic heterocycles. The Balaban J connectivity index is 2.49. The third kappa shape index (κ3) is 5.58. The number of hydrogen-bond acceptors (Lipinski definition) is 5. The van der Waals surface area contributed by atoms with Gasteiger partial charge in [-0.1, -0.05) is 0 Å². The molecule has 0 aliphatic carbocycles. The number of carboxylic acids is 1. The standard InChI is InChI=1S/C11H15NO6S/c12-9-4-3-8(11(13)14)7-10(9)18-5-1-2-6-19(15,16)17/h3-4,7H,1-2,5-6,12H2,(H,13,14)(H,15,16,17). The molecule has 0 bridgehead atoms. The highest BCUT2D eigenvalue weighted by atomic mass is 32.2. The summed E-state index contributed by atoms with van der Waals surface area (Å²) in [6, 6.07) is 4.10. The molecule has 0 amide bonds. The van der Waals surface area contributed by atoms with E-state index in [1.807, 2.05) is 0 Å². The minimum absolute atomic E-state index is 0.0575. The summed E-state index contributed by atoms with van der Waals surface area (Å²) in [5.41, 5.74) is 5.98. The van der Waals surface area contributed by atoms with Crippen molar-refractivity contribution in [2.24, 2.45) is 0 Å². The van der Waals surface area contributed by atoms with Gasteiger partial charge in [-0.25, -0.2) is 4.79 Å². The topological polar surface area (TPSA) is 127 Å². The first kappa shape index (κ1) is 15.3. The molecule has 0 heterocycles. The van der Waals surface area contributed by atoms with Crippen LogP contribution in [0.5, 0.6) is 5.75 Å². The zero-order valence-electron chi connectivity index (χ0n) is 10.1. The minimum Gasteiger partial charge on any atom is -0.491 e. The van der Waals surface area contributed by atoms with Gasteiger partial charge in [0.05, 0.1) is 23.6 Å². The molecule has 0 unspecified atom stereocenters. The van der Waals surface area contributed by atoms with E-state index in [0.717, 1.165) is 0 Å². The maximum absolute atomic E-state index is 10.8. The molecule has 1 rings (SSSR count). The third-order valence-electron chi connectivity index (χ3n) is 2.31. The van der Waals surface area contributed by atoms with Crippen molar-refractivity contribution in [3.63, 3.8) is 0 Å². The summed E-state index contributed by atoms with van der Waals surface area (Å²) in [6.45, 7) is 0.183. The van der Waals surface area contributed by atoms with E-state index in [0.29, 0.717) is 12.1 Å². The smallest absolute Gasteiger partial charge is 0.335 e. The molecular formula is C11H15NO6S. The summed E-state index contributed by atoms with van der Waals surface area (Å²) in [5.74, 6) is -1.18. The van der Waals surface area contributed by atoms with Gasteiger partial charge in [0, 0.05) is 0 Å². The lowest BCUT2D eigenvalue weighted by Gasteiger charge is -2.09. The minimum atomic E-state index is -3.95. The van der Waals surface area contributed by atoms with Gasteiger partial charge in [0.25, 0.3) is 10.1 Å². The van der Waals surface area contributed by atoms with Gasteiger partial charge in [0.2, 0.25) is 0 Å². The number of hydrogen-bond donors (Lipinski definition) is 3. The molecule has 7 nitrogen and oxygen atoms in total. The molecule has 0 aliphatic rings. The second kappa shape index (κ2) is 6.39. The molecule has 0 atom stereocenters. The molecule has 1 aromatic carbocycles. The van der Waals surface area contributed by atoms with Crippen molar-refractivity contribution in [2.75, 3.05) is 18.1 Å². The van der Waals surface area contributed by atoms with Crippen LogP contribution in [0.4, 0.5) is 5.69 Å².